The van der Waals surface area contributed by atoms with Crippen molar-refractivity contribution in [3.63, 3.8) is 0 Å². The third kappa shape index (κ3) is 6.24. The van der Waals surface area contributed by atoms with Crippen molar-refractivity contribution >= 4 is 29.7 Å². The smallest absolute Gasteiger partial charge is 0.326 e. The predicted octanol–water partition coefficient (Wildman–Crippen LogP) is 0.490. The summed E-state index contributed by atoms with van der Waals surface area (Å²) in [5.41, 5.74) is 5.16. The predicted molar refractivity (Wildman–Crippen MR) is 81.1 cm³/mol. The van der Waals surface area contributed by atoms with Gasteiger partial charge in [-0.3, -0.25) is 4.79 Å². The lowest BCUT2D eigenvalue weighted by Crippen LogP contribution is -2.50. The van der Waals surface area contributed by atoms with Gasteiger partial charge in [0.05, 0.1) is 0 Å². The molecule has 8 heteroatoms. The molecular weight excluding hydrogens is 294 g/mol. The van der Waals surface area contributed by atoms with Gasteiger partial charge in [0, 0.05) is 19.5 Å². The van der Waals surface area contributed by atoms with Crippen molar-refractivity contribution in [1.82, 2.24) is 10.2 Å². The van der Waals surface area contributed by atoms with Crippen LogP contribution in [0.25, 0.3) is 0 Å². The fraction of sp³-hybridized carbons (Fsp3) is 0.769. The van der Waals surface area contributed by atoms with Crippen LogP contribution in [0.2, 0.25) is 0 Å². The van der Waals surface area contributed by atoms with Gasteiger partial charge in [0.2, 0.25) is 5.91 Å². The molecule has 0 bridgehead atoms. The number of piperidine rings is 1. The molecule has 0 saturated carbocycles. The van der Waals surface area contributed by atoms with Gasteiger partial charge >= 0.3 is 12.0 Å². The van der Waals surface area contributed by atoms with E-state index in [1.54, 1.807) is 16.7 Å². The van der Waals surface area contributed by atoms with Crippen LogP contribution in [0.1, 0.15) is 25.7 Å². The number of nitrogens with zero attached hydrogens (tertiary/aromatic N) is 1. The van der Waals surface area contributed by atoms with Crippen LogP contribution in [0.4, 0.5) is 4.79 Å². The number of aliphatic carboxylic acids is 1. The third-order valence-electron chi connectivity index (χ3n) is 3.60. The molecule has 0 spiro atoms. The molecule has 120 valence electrons. The minimum absolute atomic E-state index is 0.221. The molecular formula is C13H23N3O4S. The molecule has 4 N–H and O–H groups in total. The van der Waals surface area contributed by atoms with Crippen LogP contribution in [0.5, 0.6) is 0 Å². The number of carboxylic acid groups (broad SMARTS) is 1. The van der Waals surface area contributed by atoms with Crippen LogP contribution in [-0.4, -0.2) is 59.1 Å². The Labute approximate surface area is 128 Å². The first-order valence-corrected chi connectivity index (χ1v) is 8.39. The molecule has 0 radical (unpaired) electrons. The third-order valence-corrected chi connectivity index (χ3v) is 4.24. The molecule has 0 aliphatic carbocycles. The molecule has 3 amide bonds. The summed E-state index contributed by atoms with van der Waals surface area (Å²) >= 11 is 1.54. The summed E-state index contributed by atoms with van der Waals surface area (Å²) in [5, 5.41) is 11.7. The van der Waals surface area contributed by atoms with Crippen molar-refractivity contribution in [2.75, 3.05) is 25.1 Å². The molecule has 0 aromatic carbocycles. The maximum absolute atomic E-state index is 12.1. The number of carbonyl (C=O) groups excluding carboxylic acids is 2. The molecule has 0 aromatic rings. The van der Waals surface area contributed by atoms with E-state index in [-0.39, 0.29) is 17.9 Å². The highest BCUT2D eigenvalue weighted by Gasteiger charge is 2.27. The molecule has 1 atom stereocenters. The quantitative estimate of drug-likeness (QED) is 0.632. The highest BCUT2D eigenvalue weighted by atomic mass is 32.2. The Morgan fingerprint density at radius 3 is 2.48 bits per heavy atom. The Hall–Kier alpha value is -1.44. The molecule has 1 unspecified atom stereocenters. The van der Waals surface area contributed by atoms with Gasteiger partial charge < -0.3 is 21.1 Å². The van der Waals surface area contributed by atoms with Gasteiger partial charge in [0.15, 0.2) is 0 Å². The van der Waals surface area contributed by atoms with E-state index in [1.807, 2.05) is 6.26 Å². The Balaban J connectivity index is 2.41. The fourth-order valence-corrected chi connectivity index (χ4v) is 2.83. The van der Waals surface area contributed by atoms with Crippen LogP contribution in [0.15, 0.2) is 0 Å². The van der Waals surface area contributed by atoms with Crippen molar-refractivity contribution in [1.29, 1.82) is 0 Å². The second kappa shape index (κ2) is 8.76. The summed E-state index contributed by atoms with van der Waals surface area (Å²) in [7, 11) is 0. The van der Waals surface area contributed by atoms with Gasteiger partial charge in [-0.25, -0.2) is 9.59 Å². The van der Waals surface area contributed by atoms with Crippen molar-refractivity contribution in [2.45, 2.75) is 31.7 Å². The number of hydrogen-bond donors (Lipinski definition) is 3. The van der Waals surface area contributed by atoms with Gasteiger partial charge in [-0.15, -0.1) is 0 Å². The number of carbonyl (C=O) groups is 3. The van der Waals surface area contributed by atoms with E-state index >= 15 is 0 Å². The minimum atomic E-state index is -1.01. The summed E-state index contributed by atoms with van der Waals surface area (Å²) in [4.78, 5) is 35.6. The minimum Gasteiger partial charge on any atom is -0.480 e. The normalized spacial score (nSPS) is 17.3. The first-order chi connectivity index (χ1) is 9.93. The van der Waals surface area contributed by atoms with Gasteiger partial charge in [-0.2, -0.15) is 11.8 Å². The Bertz CT molecular complexity index is 384. The average molecular weight is 317 g/mol. The number of likely N-dealkylation sites (tertiary alicyclic amines) is 1. The topological polar surface area (TPSA) is 113 Å². The lowest BCUT2D eigenvalue weighted by molar-refractivity contribution is -0.139. The number of thioether (sulfide) groups is 1. The number of primary amides is 1. The first-order valence-electron chi connectivity index (χ1n) is 6.99. The van der Waals surface area contributed by atoms with Crippen molar-refractivity contribution in [2.24, 2.45) is 11.7 Å². The SMILES string of the molecule is CSCCC(NC(=O)N1CCC(CC(N)=O)CC1)C(=O)O. The molecule has 7 nitrogen and oxygen atoms in total. The Kier molecular flexibility index (Phi) is 7.35. The van der Waals surface area contributed by atoms with E-state index in [9.17, 15) is 14.4 Å². The second-order valence-corrected chi connectivity index (χ2v) is 6.21. The van der Waals surface area contributed by atoms with Crippen LogP contribution in [-0.2, 0) is 9.59 Å². The largest absolute Gasteiger partial charge is 0.480 e. The first kappa shape index (κ1) is 17.6. The van der Waals surface area contributed by atoms with Gasteiger partial charge in [-0.1, -0.05) is 0 Å². The molecule has 1 fully saturated rings. The molecule has 1 saturated heterocycles. The average Bonchev–Trinajstić information content (AvgIpc) is 2.43. The van der Waals surface area contributed by atoms with Gasteiger partial charge in [-0.05, 0) is 37.2 Å². The molecule has 1 aliphatic heterocycles. The zero-order valence-corrected chi connectivity index (χ0v) is 13.0. The number of urea groups is 1. The molecule has 1 heterocycles. The van der Waals surface area contributed by atoms with Crippen LogP contribution < -0.4 is 11.1 Å². The van der Waals surface area contributed by atoms with E-state index in [4.69, 9.17) is 10.8 Å². The fourth-order valence-electron chi connectivity index (χ4n) is 2.36. The lowest BCUT2D eigenvalue weighted by atomic mass is 9.93. The van der Waals surface area contributed by atoms with Crippen LogP contribution >= 0.6 is 11.8 Å². The maximum Gasteiger partial charge on any atom is 0.326 e. The maximum atomic E-state index is 12.1. The Morgan fingerprint density at radius 2 is 2.00 bits per heavy atom. The van der Waals surface area contributed by atoms with E-state index in [0.717, 1.165) is 12.8 Å². The van der Waals surface area contributed by atoms with Crippen molar-refractivity contribution in [3.05, 3.63) is 0 Å². The summed E-state index contributed by atoms with van der Waals surface area (Å²) in [6, 6.07) is -1.20. The van der Waals surface area contributed by atoms with Crippen LogP contribution in [0.3, 0.4) is 0 Å². The summed E-state index contributed by atoms with van der Waals surface area (Å²) in [6.07, 6.45) is 4.09. The van der Waals surface area contributed by atoms with Gasteiger partial charge in [0.25, 0.3) is 0 Å². The summed E-state index contributed by atoms with van der Waals surface area (Å²) < 4.78 is 0. The molecule has 0 aromatic heterocycles. The van der Waals surface area contributed by atoms with E-state index in [0.29, 0.717) is 31.7 Å². The Morgan fingerprint density at radius 1 is 1.38 bits per heavy atom. The lowest BCUT2D eigenvalue weighted by Gasteiger charge is -2.32. The molecule has 1 rings (SSSR count). The van der Waals surface area contributed by atoms with Crippen molar-refractivity contribution in [3.8, 4) is 0 Å². The summed E-state index contributed by atoms with van der Waals surface area (Å²) in [5.74, 6) is -0.432. The van der Waals surface area contributed by atoms with Crippen molar-refractivity contribution < 1.29 is 19.5 Å². The molecule has 21 heavy (non-hydrogen) atoms. The van der Waals surface area contributed by atoms with E-state index in [2.05, 4.69) is 5.32 Å². The standard InChI is InChI=1S/C13H23N3O4S/c1-21-7-4-10(12(18)19)15-13(20)16-5-2-9(3-6-16)8-11(14)17/h9-10H,2-8H2,1H3,(H2,14,17)(H,15,20)(H,18,19). The number of rotatable bonds is 7. The number of hydrogen-bond acceptors (Lipinski definition) is 4. The zero-order valence-electron chi connectivity index (χ0n) is 12.2. The highest BCUT2D eigenvalue weighted by molar-refractivity contribution is 7.98. The zero-order chi connectivity index (χ0) is 15.8. The summed E-state index contributed by atoms with van der Waals surface area (Å²) in [6.45, 7) is 1.05. The second-order valence-electron chi connectivity index (χ2n) is 5.22. The van der Waals surface area contributed by atoms with E-state index in [1.165, 1.54) is 0 Å². The monoisotopic (exact) mass is 317 g/mol. The molecule has 1 aliphatic rings. The number of nitrogens with two attached hydrogens (primary N) is 1. The number of amides is 3. The van der Waals surface area contributed by atoms with Gasteiger partial charge in [0.1, 0.15) is 6.04 Å². The van der Waals surface area contributed by atoms with E-state index < -0.39 is 12.0 Å². The highest BCUT2D eigenvalue weighted by Crippen LogP contribution is 2.20. The number of carboxylic acids is 1. The van der Waals surface area contributed by atoms with Crippen LogP contribution in [0, 0.1) is 5.92 Å². The number of nitrogens with one attached hydrogen (secondary N) is 1.